The Balaban J connectivity index is 2.11. The fraction of sp³-hybridized carbons (Fsp3) is 0.310. The molecule has 13 heteroatoms. The molecule has 7 nitrogen and oxygen atoms in total. The summed E-state index contributed by atoms with van der Waals surface area (Å²) >= 11 is 9.14. The number of hydrogen-bond donors (Lipinski definition) is 1. The lowest BCUT2D eigenvalue weighted by Crippen LogP contribution is -2.54. The Bertz CT molecular complexity index is 1530. The van der Waals surface area contributed by atoms with Crippen LogP contribution < -0.4 is 9.62 Å². The molecule has 0 fully saturated rings. The second-order valence-corrected chi connectivity index (χ2v) is 13.7. The van der Waals surface area contributed by atoms with Gasteiger partial charge < -0.3 is 10.2 Å². The SMILES string of the molecule is CC(C(=O)NC(C)(C)C)N(Cc1ccc(Br)cc1)C(=O)CN(c1ccc(Cl)c(C(F)(F)F)c1)S(=O)(=O)c1ccccc1. The van der Waals surface area contributed by atoms with Gasteiger partial charge in [-0.05, 0) is 75.7 Å². The second-order valence-electron chi connectivity index (χ2n) is 10.5. The first kappa shape index (κ1) is 33.4. The van der Waals surface area contributed by atoms with Crippen molar-refractivity contribution in [2.45, 2.75) is 56.9 Å². The van der Waals surface area contributed by atoms with Crippen molar-refractivity contribution in [1.82, 2.24) is 10.2 Å². The highest BCUT2D eigenvalue weighted by Gasteiger charge is 2.37. The normalized spacial score (nSPS) is 12.9. The third kappa shape index (κ3) is 8.48. The van der Waals surface area contributed by atoms with Crippen LogP contribution in [0.3, 0.4) is 0 Å². The van der Waals surface area contributed by atoms with E-state index in [0.717, 1.165) is 16.6 Å². The summed E-state index contributed by atoms with van der Waals surface area (Å²) in [6.45, 7) is 5.85. The molecule has 226 valence electrons. The second kappa shape index (κ2) is 13.0. The first-order valence-electron chi connectivity index (χ1n) is 12.7. The molecule has 0 aliphatic rings. The molecule has 0 aromatic heterocycles. The van der Waals surface area contributed by atoms with Crippen LogP contribution in [0, 0.1) is 0 Å². The maximum absolute atomic E-state index is 13.9. The first-order valence-corrected chi connectivity index (χ1v) is 15.3. The zero-order valence-electron chi connectivity index (χ0n) is 23.2. The Morgan fingerprint density at radius 1 is 0.976 bits per heavy atom. The number of benzene rings is 3. The highest BCUT2D eigenvalue weighted by Crippen LogP contribution is 2.38. The van der Waals surface area contributed by atoms with Crippen LogP contribution in [0.2, 0.25) is 5.02 Å². The van der Waals surface area contributed by atoms with E-state index in [9.17, 15) is 31.2 Å². The van der Waals surface area contributed by atoms with Gasteiger partial charge in [-0.25, -0.2) is 8.42 Å². The average molecular weight is 689 g/mol. The lowest BCUT2D eigenvalue weighted by molar-refractivity contribution is -0.140. The van der Waals surface area contributed by atoms with E-state index in [1.807, 2.05) is 0 Å². The van der Waals surface area contributed by atoms with Crippen LogP contribution in [-0.2, 0) is 32.3 Å². The van der Waals surface area contributed by atoms with Crippen LogP contribution in [0.15, 0.2) is 82.2 Å². The third-order valence-corrected chi connectivity index (χ3v) is 8.73. The van der Waals surface area contributed by atoms with Crippen molar-refractivity contribution >= 4 is 55.1 Å². The van der Waals surface area contributed by atoms with Crippen molar-refractivity contribution in [2.75, 3.05) is 10.8 Å². The van der Waals surface area contributed by atoms with E-state index in [1.165, 1.54) is 36.1 Å². The van der Waals surface area contributed by atoms with E-state index in [0.29, 0.717) is 15.9 Å². The maximum Gasteiger partial charge on any atom is 0.417 e. The summed E-state index contributed by atoms with van der Waals surface area (Å²) in [4.78, 5) is 28.0. The highest BCUT2D eigenvalue weighted by atomic mass is 79.9. The minimum Gasteiger partial charge on any atom is -0.350 e. The molecule has 2 amide bonds. The van der Waals surface area contributed by atoms with Gasteiger partial charge in [0.15, 0.2) is 0 Å². The van der Waals surface area contributed by atoms with Gasteiger partial charge in [-0.3, -0.25) is 13.9 Å². The molecule has 3 rings (SSSR count). The van der Waals surface area contributed by atoms with Crippen LogP contribution in [-0.4, -0.2) is 43.3 Å². The summed E-state index contributed by atoms with van der Waals surface area (Å²) in [6, 6.07) is 15.5. The van der Waals surface area contributed by atoms with Crippen molar-refractivity contribution in [3.05, 3.63) is 93.4 Å². The van der Waals surface area contributed by atoms with E-state index in [1.54, 1.807) is 51.1 Å². The highest BCUT2D eigenvalue weighted by molar-refractivity contribution is 9.10. The topological polar surface area (TPSA) is 86.8 Å². The Hall–Kier alpha value is -3.09. The molecule has 1 N–H and O–H groups in total. The van der Waals surface area contributed by atoms with Crippen LogP contribution >= 0.6 is 27.5 Å². The molecular formula is C29H30BrClF3N3O4S. The molecule has 1 atom stereocenters. The van der Waals surface area contributed by atoms with Crippen LogP contribution in [0.4, 0.5) is 18.9 Å². The van der Waals surface area contributed by atoms with E-state index in [-0.39, 0.29) is 11.4 Å². The van der Waals surface area contributed by atoms with Gasteiger partial charge in [-0.15, -0.1) is 0 Å². The van der Waals surface area contributed by atoms with Gasteiger partial charge in [0.1, 0.15) is 12.6 Å². The van der Waals surface area contributed by atoms with Gasteiger partial charge in [0.2, 0.25) is 11.8 Å². The van der Waals surface area contributed by atoms with E-state index in [4.69, 9.17) is 11.6 Å². The van der Waals surface area contributed by atoms with Crippen molar-refractivity contribution in [2.24, 2.45) is 0 Å². The molecule has 0 aliphatic carbocycles. The molecule has 42 heavy (non-hydrogen) atoms. The van der Waals surface area contributed by atoms with Crippen molar-refractivity contribution < 1.29 is 31.2 Å². The molecule has 0 heterocycles. The summed E-state index contributed by atoms with van der Waals surface area (Å²) in [5.41, 5.74) is -1.66. The predicted molar refractivity (Wildman–Crippen MR) is 159 cm³/mol. The van der Waals surface area contributed by atoms with E-state index in [2.05, 4.69) is 21.2 Å². The average Bonchev–Trinajstić information content (AvgIpc) is 2.90. The summed E-state index contributed by atoms with van der Waals surface area (Å²) in [6.07, 6.45) is -4.88. The molecule has 0 aliphatic heterocycles. The quantitative estimate of drug-likeness (QED) is 0.273. The Morgan fingerprint density at radius 2 is 1.57 bits per heavy atom. The van der Waals surface area contributed by atoms with Gasteiger partial charge in [0, 0.05) is 16.6 Å². The number of alkyl halides is 3. The summed E-state index contributed by atoms with van der Waals surface area (Å²) in [5.74, 6) is -1.30. The third-order valence-electron chi connectivity index (χ3n) is 6.09. The number of nitrogens with zero attached hydrogens (tertiary/aromatic N) is 2. The molecule has 0 radical (unpaired) electrons. The molecule has 0 spiro atoms. The standard InChI is InChI=1S/C29H30BrClF3N3O4S/c1-19(27(39)35-28(2,3)4)36(17-20-10-12-21(30)13-11-20)26(38)18-37(42(40,41)23-8-6-5-7-9-23)22-14-15-25(31)24(16-22)29(32,33)34/h5-16,19H,17-18H2,1-4H3,(H,35,39). The molecule has 3 aromatic carbocycles. The largest absolute Gasteiger partial charge is 0.417 e. The zero-order chi connectivity index (χ0) is 31.5. The first-order chi connectivity index (χ1) is 19.4. The predicted octanol–water partition coefficient (Wildman–Crippen LogP) is 6.65. The number of carbonyl (C=O) groups is 2. The Morgan fingerprint density at radius 3 is 2.12 bits per heavy atom. The maximum atomic E-state index is 13.9. The molecule has 0 saturated carbocycles. The number of sulfonamides is 1. The molecule has 0 bridgehead atoms. The summed E-state index contributed by atoms with van der Waals surface area (Å²) in [7, 11) is -4.54. The van der Waals surface area contributed by atoms with Gasteiger partial charge >= 0.3 is 6.18 Å². The number of carbonyl (C=O) groups excluding carboxylic acids is 2. The van der Waals surface area contributed by atoms with Crippen LogP contribution in [0.1, 0.15) is 38.8 Å². The minimum atomic E-state index is -4.88. The number of halogens is 5. The zero-order valence-corrected chi connectivity index (χ0v) is 26.4. The van der Waals surface area contributed by atoms with E-state index < -0.39 is 62.4 Å². The molecular weight excluding hydrogens is 659 g/mol. The van der Waals surface area contributed by atoms with Crippen molar-refractivity contribution in [1.29, 1.82) is 0 Å². The number of rotatable bonds is 9. The lowest BCUT2D eigenvalue weighted by Gasteiger charge is -2.33. The minimum absolute atomic E-state index is 0.0709. The number of amides is 2. The smallest absolute Gasteiger partial charge is 0.350 e. The molecule has 1 unspecified atom stereocenters. The van der Waals surface area contributed by atoms with E-state index >= 15 is 0 Å². The number of nitrogens with one attached hydrogen (secondary N) is 1. The van der Waals surface area contributed by atoms with Crippen LogP contribution in [0.25, 0.3) is 0 Å². The summed E-state index contributed by atoms with van der Waals surface area (Å²) < 4.78 is 70.1. The number of anilines is 1. The van der Waals surface area contributed by atoms with Gasteiger partial charge in [0.25, 0.3) is 10.0 Å². The van der Waals surface area contributed by atoms with Crippen molar-refractivity contribution in [3.8, 4) is 0 Å². The van der Waals surface area contributed by atoms with Crippen molar-refractivity contribution in [3.63, 3.8) is 0 Å². The lowest BCUT2D eigenvalue weighted by atomic mass is 10.1. The van der Waals surface area contributed by atoms with Crippen LogP contribution in [0.5, 0.6) is 0 Å². The van der Waals surface area contributed by atoms with Gasteiger partial charge in [-0.1, -0.05) is 57.9 Å². The molecule has 0 saturated heterocycles. The fourth-order valence-electron chi connectivity index (χ4n) is 3.98. The fourth-order valence-corrected chi connectivity index (χ4v) is 5.89. The van der Waals surface area contributed by atoms with Gasteiger partial charge in [-0.2, -0.15) is 13.2 Å². The monoisotopic (exact) mass is 687 g/mol. The molecule has 3 aromatic rings. The van der Waals surface area contributed by atoms with Gasteiger partial charge in [0.05, 0.1) is 21.2 Å². The Kier molecular flexibility index (Phi) is 10.4. The summed E-state index contributed by atoms with van der Waals surface area (Å²) in [5, 5.41) is 2.18. The number of hydrogen-bond acceptors (Lipinski definition) is 4. The Labute approximate surface area is 256 Å².